The van der Waals surface area contributed by atoms with Gasteiger partial charge in [0.25, 0.3) is 0 Å². The van der Waals surface area contributed by atoms with Crippen LogP contribution < -0.4 is 14.2 Å². The molecule has 0 aromatic heterocycles. The zero-order valence-corrected chi connectivity index (χ0v) is 57.0. The predicted molar refractivity (Wildman–Crippen MR) is 359 cm³/mol. The molecular formula is C73H111IN4O8. The maximum atomic E-state index is 10.3. The first kappa shape index (κ1) is 68.2. The molecule has 478 valence electrons. The average Bonchev–Trinajstić information content (AvgIpc) is 1.80. The minimum Gasteiger partial charge on any atom is -0.507 e. The van der Waals surface area contributed by atoms with Crippen molar-refractivity contribution in [2.45, 2.75) is 201 Å². The Labute approximate surface area is 536 Å². The Morgan fingerprint density at radius 3 is 1.01 bits per heavy atom. The van der Waals surface area contributed by atoms with E-state index in [0.717, 1.165) is 72.6 Å². The second-order valence-electron chi connectivity index (χ2n) is 26.4. The number of benzene rings is 4. The summed E-state index contributed by atoms with van der Waals surface area (Å²) in [5.41, 5.74) is 14.5. The molecule has 4 aromatic carbocycles. The Hall–Kier alpha value is -3.67. The van der Waals surface area contributed by atoms with Gasteiger partial charge in [0.2, 0.25) is 0 Å². The van der Waals surface area contributed by atoms with Crippen LogP contribution in [0.5, 0.6) is 28.7 Å². The Morgan fingerprint density at radius 1 is 0.384 bits per heavy atom. The molecule has 0 spiro atoms. The van der Waals surface area contributed by atoms with Crippen molar-refractivity contribution in [3.05, 3.63) is 110 Å². The molecule has 0 amide bonds. The lowest BCUT2D eigenvalue weighted by Crippen LogP contribution is -2.49. The number of ether oxygens (including phenoxy) is 6. The first-order valence-corrected chi connectivity index (χ1v) is 33.6. The van der Waals surface area contributed by atoms with Gasteiger partial charge in [0.15, 0.2) is 31.9 Å². The van der Waals surface area contributed by atoms with Gasteiger partial charge in [-0.15, -0.1) is 24.0 Å². The largest absolute Gasteiger partial charge is 0.507 e. The van der Waals surface area contributed by atoms with Gasteiger partial charge in [-0.05, 0) is 287 Å². The number of methoxy groups -OCH3 is 3. The number of rotatable bonds is 17. The molecule has 2 N–H and O–H groups in total. The third-order valence-electron chi connectivity index (χ3n) is 20.7. The standard InChI is InChI=1S/2C19H29NO2.C18H27NO3.C17H25NO.HI/c2*1-4-9-20-10-5-6-16-11-17-15(12-18(16)20)8-7-14(2)19(17)22-13-21-3;1-3-8-19-9-4-5-14-10-15-13(11-16(14)19)6-7-17(20)18(15)22-12-21-2;1-3-8-18-9-4-5-14-10-15-13(11-16(14)18)7-6-12(2)17(15)19;/h2*7-8,16,18H,4-6,9-13H2,1-3H3;6-7,14,16,20H,3-5,8-12H2,1-2H3;6-7,14,16,19H,3-5,8-11H2,1-2H3;1H/t2*16-,18-;2*14-,16-;/m1111./s1. The van der Waals surface area contributed by atoms with Crippen LogP contribution in [0.2, 0.25) is 0 Å². The molecule has 0 bridgehead atoms. The molecule has 4 aliphatic heterocycles. The molecular weight excluding hydrogens is 1190 g/mol. The number of nitrogens with zero attached hydrogens (tertiary/aromatic N) is 4. The second-order valence-corrected chi connectivity index (χ2v) is 26.4. The highest BCUT2D eigenvalue weighted by atomic mass is 127. The van der Waals surface area contributed by atoms with E-state index < -0.39 is 0 Å². The zero-order valence-electron chi connectivity index (χ0n) is 54.7. The van der Waals surface area contributed by atoms with Gasteiger partial charge in [-0.1, -0.05) is 70.2 Å². The summed E-state index contributed by atoms with van der Waals surface area (Å²) in [6, 6.07) is 20.0. The summed E-state index contributed by atoms with van der Waals surface area (Å²) < 4.78 is 32.7. The second kappa shape index (κ2) is 33.4. The molecule has 0 unspecified atom stereocenters. The van der Waals surface area contributed by atoms with Crippen molar-refractivity contribution < 1.29 is 38.6 Å². The number of halogens is 1. The van der Waals surface area contributed by atoms with E-state index in [1.54, 1.807) is 27.4 Å². The Bertz CT molecular complexity index is 2530. The van der Waals surface area contributed by atoms with Crippen molar-refractivity contribution in [3.8, 4) is 28.7 Å². The number of phenolic OH excluding ortho intramolecular Hbond substituents is 2. The minimum absolute atomic E-state index is 0. The number of fused-ring (bicyclic) bond motifs is 8. The van der Waals surface area contributed by atoms with Gasteiger partial charge < -0.3 is 38.6 Å². The van der Waals surface area contributed by atoms with Crippen molar-refractivity contribution >= 4 is 24.0 Å². The molecule has 86 heavy (non-hydrogen) atoms. The molecule has 0 saturated carbocycles. The number of aromatic hydroxyl groups is 2. The van der Waals surface area contributed by atoms with Crippen molar-refractivity contribution in [1.29, 1.82) is 0 Å². The molecule has 4 aromatic rings. The van der Waals surface area contributed by atoms with E-state index in [4.69, 9.17) is 28.4 Å². The molecule has 4 heterocycles. The molecule has 4 fully saturated rings. The highest BCUT2D eigenvalue weighted by Crippen LogP contribution is 2.45. The van der Waals surface area contributed by atoms with Crippen LogP contribution in [-0.2, 0) is 65.6 Å². The van der Waals surface area contributed by atoms with Gasteiger partial charge >= 0.3 is 0 Å². The summed E-state index contributed by atoms with van der Waals surface area (Å²) in [6.07, 6.45) is 24.6. The molecule has 0 radical (unpaired) electrons. The van der Waals surface area contributed by atoms with Crippen molar-refractivity contribution in [2.24, 2.45) is 23.7 Å². The summed E-state index contributed by atoms with van der Waals surface area (Å²) in [4.78, 5) is 10.8. The van der Waals surface area contributed by atoms with Gasteiger partial charge in [0, 0.05) is 51.1 Å². The molecule has 13 heteroatoms. The SMILES string of the molecule is CCCN1CCC[C@@H]2Cc3c(ccc(C)c3O)C[C@H]21.CCCN1CCC[C@@H]2Cc3c(ccc(C)c3OCOC)C[C@H]21.CCCN1CCC[C@@H]2Cc3c(ccc(C)c3OCOC)C[C@H]21.CCCN1CCC[C@@H]2Cc3c(ccc(O)c3OCOC)C[C@H]21.I. The predicted octanol–water partition coefficient (Wildman–Crippen LogP) is 14.0. The van der Waals surface area contributed by atoms with Crippen molar-refractivity contribution in [2.75, 3.05) is 94.1 Å². The monoisotopic (exact) mass is 1300 g/mol. The van der Waals surface area contributed by atoms with Crippen LogP contribution in [0, 0.1) is 44.4 Å². The molecule has 4 saturated heterocycles. The van der Waals surface area contributed by atoms with E-state index >= 15 is 0 Å². The normalized spacial score (nSPS) is 24.9. The average molecular weight is 1300 g/mol. The zero-order chi connectivity index (χ0) is 60.0. The molecule has 4 aliphatic carbocycles. The quantitative estimate of drug-likeness (QED) is 0.0776. The summed E-state index contributed by atoms with van der Waals surface area (Å²) >= 11 is 0. The fourth-order valence-corrected chi connectivity index (χ4v) is 16.8. The molecule has 8 atom stereocenters. The number of likely N-dealkylation sites (tertiary alicyclic amines) is 4. The lowest BCUT2D eigenvalue weighted by molar-refractivity contribution is 0.0461. The number of hydrogen-bond donors (Lipinski definition) is 2. The van der Waals surface area contributed by atoms with Crippen LogP contribution >= 0.6 is 24.0 Å². The van der Waals surface area contributed by atoms with Crippen LogP contribution in [-0.4, -0.2) is 148 Å². The van der Waals surface area contributed by atoms with E-state index in [-0.39, 0.29) is 36.5 Å². The van der Waals surface area contributed by atoms with E-state index in [1.165, 1.54) is 211 Å². The number of hydrogen-bond acceptors (Lipinski definition) is 12. The maximum absolute atomic E-state index is 10.3. The number of piperidine rings is 4. The summed E-state index contributed by atoms with van der Waals surface area (Å²) in [5.74, 6) is 6.58. The van der Waals surface area contributed by atoms with E-state index in [9.17, 15) is 10.2 Å². The van der Waals surface area contributed by atoms with Gasteiger partial charge in [-0.2, -0.15) is 0 Å². The summed E-state index contributed by atoms with van der Waals surface area (Å²) in [7, 11) is 4.97. The van der Waals surface area contributed by atoms with Crippen molar-refractivity contribution in [1.82, 2.24) is 19.6 Å². The van der Waals surface area contributed by atoms with Crippen LogP contribution in [0.15, 0.2) is 48.5 Å². The lowest BCUT2D eigenvalue weighted by atomic mass is 9.74. The van der Waals surface area contributed by atoms with E-state index in [0.29, 0.717) is 43.1 Å². The fraction of sp³-hybridized carbons (Fsp3) is 0.671. The Kier molecular flexibility index (Phi) is 26.5. The first-order chi connectivity index (χ1) is 41.4. The third-order valence-corrected chi connectivity index (χ3v) is 20.7. The maximum Gasteiger partial charge on any atom is 0.188 e. The van der Waals surface area contributed by atoms with E-state index in [2.05, 4.69) is 104 Å². The highest BCUT2D eigenvalue weighted by molar-refractivity contribution is 14.0. The molecule has 12 nitrogen and oxygen atoms in total. The van der Waals surface area contributed by atoms with Crippen molar-refractivity contribution in [3.63, 3.8) is 0 Å². The summed E-state index contributed by atoms with van der Waals surface area (Å²) in [5, 5.41) is 20.4. The van der Waals surface area contributed by atoms with Crippen LogP contribution in [0.3, 0.4) is 0 Å². The van der Waals surface area contributed by atoms with Crippen LogP contribution in [0.1, 0.15) is 166 Å². The third kappa shape index (κ3) is 16.3. The van der Waals surface area contributed by atoms with Gasteiger partial charge in [0.05, 0.1) is 0 Å². The first-order valence-electron chi connectivity index (χ1n) is 33.6. The minimum atomic E-state index is 0. The smallest absolute Gasteiger partial charge is 0.188 e. The van der Waals surface area contributed by atoms with Crippen LogP contribution in [0.4, 0.5) is 0 Å². The Balaban J connectivity index is 0.000000149. The molecule has 12 rings (SSSR count). The Morgan fingerprint density at radius 2 is 0.674 bits per heavy atom. The van der Waals surface area contributed by atoms with Crippen LogP contribution in [0.25, 0.3) is 0 Å². The van der Waals surface area contributed by atoms with Gasteiger partial charge in [-0.25, -0.2) is 0 Å². The van der Waals surface area contributed by atoms with Gasteiger partial charge in [-0.3, -0.25) is 19.6 Å². The van der Waals surface area contributed by atoms with E-state index in [1.807, 2.05) is 6.92 Å². The lowest BCUT2D eigenvalue weighted by Gasteiger charge is -2.45. The molecule has 8 aliphatic rings. The topological polar surface area (TPSA) is 109 Å². The van der Waals surface area contributed by atoms with Gasteiger partial charge in [0.1, 0.15) is 17.2 Å². The number of phenols is 2. The fourth-order valence-electron chi connectivity index (χ4n) is 16.8. The highest BCUT2D eigenvalue weighted by Gasteiger charge is 2.40. The summed E-state index contributed by atoms with van der Waals surface area (Å²) in [6.45, 7) is 26.2. The number of aryl methyl sites for hydroxylation is 3.